The van der Waals surface area contributed by atoms with E-state index >= 15 is 0 Å². The molecule has 0 atom stereocenters. The van der Waals surface area contributed by atoms with Crippen LogP contribution in [0.3, 0.4) is 0 Å². The van der Waals surface area contributed by atoms with Crippen LogP contribution in [0, 0.1) is 13.8 Å². The molecule has 0 fully saturated rings. The van der Waals surface area contributed by atoms with Crippen LogP contribution in [0.4, 0.5) is 5.82 Å². The summed E-state index contributed by atoms with van der Waals surface area (Å²) in [6.45, 7) is 8.12. The Morgan fingerprint density at radius 3 is 2.64 bits per heavy atom. The number of hydrogen-bond acceptors (Lipinski definition) is 7. The minimum atomic E-state index is 0.490. The van der Waals surface area contributed by atoms with Gasteiger partial charge in [-0.15, -0.1) is 0 Å². The second-order valence-electron chi connectivity index (χ2n) is 6.66. The number of hydrogen-bond donors (Lipinski definition) is 1. The summed E-state index contributed by atoms with van der Waals surface area (Å²) in [7, 11) is 0. The van der Waals surface area contributed by atoms with Crippen molar-refractivity contribution in [2.24, 2.45) is 0 Å². The van der Waals surface area contributed by atoms with Gasteiger partial charge in [0.1, 0.15) is 17.9 Å². The van der Waals surface area contributed by atoms with E-state index in [0.29, 0.717) is 19.0 Å². The number of nitrogens with zero attached hydrogens (tertiary/aromatic N) is 5. The number of aryl methyl sites for hydroxylation is 3. The normalized spacial score (nSPS) is 11.4. The van der Waals surface area contributed by atoms with Gasteiger partial charge in [0.15, 0.2) is 11.0 Å². The van der Waals surface area contributed by atoms with Crippen LogP contribution in [-0.2, 0) is 17.9 Å². The van der Waals surface area contributed by atoms with Gasteiger partial charge in [-0.25, -0.2) is 19.9 Å². The van der Waals surface area contributed by atoms with Gasteiger partial charge in [-0.3, -0.25) is 0 Å². The molecule has 28 heavy (non-hydrogen) atoms. The van der Waals surface area contributed by atoms with Crippen molar-refractivity contribution in [1.29, 1.82) is 0 Å². The summed E-state index contributed by atoms with van der Waals surface area (Å²) in [4.78, 5) is 17.7. The molecule has 0 spiro atoms. The monoisotopic (exact) mass is 400 g/mol. The van der Waals surface area contributed by atoms with Crippen molar-refractivity contribution in [3.8, 4) is 0 Å². The summed E-state index contributed by atoms with van der Waals surface area (Å²) in [6, 6.07) is 1.84. The highest BCUT2D eigenvalue weighted by Gasteiger charge is 2.17. The number of nitrogen functional groups attached to an aromatic ring is 1. The Bertz CT molecular complexity index is 912. The fraction of sp³-hybridized carbons (Fsp3) is 0.500. The lowest BCUT2D eigenvalue weighted by Gasteiger charge is -2.12. The van der Waals surface area contributed by atoms with E-state index in [0.717, 1.165) is 64.8 Å². The molecule has 0 aliphatic rings. The van der Waals surface area contributed by atoms with Gasteiger partial charge in [-0.05, 0) is 45.2 Å². The van der Waals surface area contributed by atoms with Crippen molar-refractivity contribution in [1.82, 2.24) is 24.5 Å². The van der Waals surface area contributed by atoms with Gasteiger partial charge >= 0.3 is 0 Å². The number of pyridine rings is 1. The Balaban J connectivity index is 1.65. The van der Waals surface area contributed by atoms with E-state index in [1.54, 1.807) is 24.2 Å². The van der Waals surface area contributed by atoms with E-state index in [9.17, 15) is 0 Å². The predicted molar refractivity (Wildman–Crippen MR) is 113 cm³/mol. The fourth-order valence-electron chi connectivity index (χ4n) is 3.16. The van der Waals surface area contributed by atoms with Crippen LogP contribution in [-0.4, -0.2) is 36.9 Å². The zero-order chi connectivity index (χ0) is 19.9. The molecule has 0 amide bonds. The quantitative estimate of drug-likeness (QED) is 0.313. The van der Waals surface area contributed by atoms with Crippen LogP contribution in [0.15, 0.2) is 23.6 Å². The zero-order valence-corrected chi connectivity index (χ0v) is 17.6. The van der Waals surface area contributed by atoms with Crippen LogP contribution < -0.4 is 5.73 Å². The summed E-state index contributed by atoms with van der Waals surface area (Å²) < 4.78 is 7.89. The Hall–Kier alpha value is -2.19. The highest BCUT2D eigenvalue weighted by atomic mass is 32.2. The molecule has 0 aliphatic heterocycles. The molecule has 8 heteroatoms. The number of nitrogens with two attached hydrogens (primary N) is 1. The summed E-state index contributed by atoms with van der Waals surface area (Å²) in [5.41, 5.74) is 10.1. The van der Waals surface area contributed by atoms with Gasteiger partial charge in [0.2, 0.25) is 0 Å². The maximum Gasteiger partial charge on any atom is 0.187 e. The fourth-order valence-corrected chi connectivity index (χ4v) is 3.97. The van der Waals surface area contributed by atoms with Crippen molar-refractivity contribution >= 4 is 28.6 Å². The van der Waals surface area contributed by atoms with Crippen LogP contribution >= 0.6 is 11.8 Å². The van der Waals surface area contributed by atoms with Gasteiger partial charge in [-0.1, -0.05) is 18.2 Å². The number of rotatable bonds is 10. The molecule has 3 rings (SSSR count). The molecule has 3 aromatic rings. The number of ether oxygens (including phenoxy) is 1. The highest BCUT2D eigenvalue weighted by Crippen LogP contribution is 2.27. The van der Waals surface area contributed by atoms with Crippen molar-refractivity contribution in [2.75, 3.05) is 18.1 Å². The third-order valence-corrected chi connectivity index (χ3v) is 5.67. The lowest BCUT2D eigenvalue weighted by atomic mass is 10.2. The first-order valence-corrected chi connectivity index (χ1v) is 10.7. The molecular weight excluding hydrogens is 372 g/mol. The summed E-state index contributed by atoms with van der Waals surface area (Å²) in [5.74, 6) is 2.44. The largest absolute Gasteiger partial charge is 0.382 e. The van der Waals surface area contributed by atoms with Crippen molar-refractivity contribution < 1.29 is 4.74 Å². The molecule has 0 radical (unpaired) electrons. The zero-order valence-electron chi connectivity index (χ0n) is 16.8. The van der Waals surface area contributed by atoms with E-state index in [4.69, 9.17) is 15.5 Å². The van der Waals surface area contributed by atoms with Crippen molar-refractivity contribution in [3.05, 3.63) is 35.5 Å². The van der Waals surface area contributed by atoms with Crippen LogP contribution in [0.1, 0.15) is 43.3 Å². The SMILES string of the molecule is CCOCc1nc2c(N)nc(C)c(C)c2n1CCCCCSc1ncccn1. The molecular formula is C20H28N6OS. The third-order valence-electron chi connectivity index (χ3n) is 4.71. The molecule has 7 nitrogen and oxygen atoms in total. The summed E-state index contributed by atoms with van der Waals surface area (Å²) in [6.07, 6.45) is 6.89. The number of fused-ring (bicyclic) bond motifs is 1. The minimum absolute atomic E-state index is 0.490. The third kappa shape index (κ3) is 4.80. The minimum Gasteiger partial charge on any atom is -0.382 e. The smallest absolute Gasteiger partial charge is 0.187 e. The summed E-state index contributed by atoms with van der Waals surface area (Å²) >= 11 is 1.71. The van der Waals surface area contributed by atoms with Crippen LogP contribution in [0.2, 0.25) is 0 Å². The Morgan fingerprint density at radius 1 is 1.11 bits per heavy atom. The van der Waals surface area contributed by atoms with Crippen LogP contribution in [0.25, 0.3) is 11.0 Å². The lowest BCUT2D eigenvalue weighted by molar-refractivity contribution is 0.126. The first-order chi connectivity index (χ1) is 13.6. The standard InChI is InChI=1S/C20H28N6OS/c1-4-27-13-16-25-17-18(14(2)15(3)24-19(17)21)26(16)11-6-5-7-12-28-20-22-9-8-10-23-20/h8-10H,4-7,11-13H2,1-3H3,(H2,21,24). The van der Waals surface area contributed by atoms with E-state index in [-0.39, 0.29) is 0 Å². The lowest BCUT2D eigenvalue weighted by Crippen LogP contribution is -2.07. The molecule has 0 aliphatic carbocycles. The Kier molecular flexibility index (Phi) is 7.22. The maximum atomic E-state index is 6.14. The van der Waals surface area contributed by atoms with Crippen molar-refractivity contribution in [2.45, 2.75) is 58.3 Å². The molecule has 0 saturated carbocycles. The van der Waals surface area contributed by atoms with E-state index in [1.807, 2.05) is 19.9 Å². The van der Waals surface area contributed by atoms with E-state index < -0.39 is 0 Å². The number of aromatic nitrogens is 5. The number of unbranched alkanes of at least 4 members (excludes halogenated alkanes) is 2. The topological polar surface area (TPSA) is 91.7 Å². The highest BCUT2D eigenvalue weighted by molar-refractivity contribution is 7.99. The van der Waals surface area contributed by atoms with Crippen molar-refractivity contribution in [3.63, 3.8) is 0 Å². The second-order valence-corrected chi connectivity index (χ2v) is 7.72. The molecule has 3 heterocycles. The van der Waals surface area contributed by atoms with Gasteiger partial charge in [0, 0.05) is 37.0 Å². The first-order valence-electron chi connectivity index (χ1n) is 9.71. The van der Waals surface area contributed by atoms with Crippen LogP contribution in [0.5, 0.6) is 0 Å². The van der Waals surface area contributed by atoms with E-state index in [1.165, 1.54) is 0 Å². The molecule has 0 unspecified atom stereocenters. The van der Waals surface area contributed by atoms with Gasteiger partial charge in [0.05, 0.1) is 5.52 Å². The van der Waals surface area contributed by atoms with Gasteiger partial charge in [-0.2, -0.15) is 0 Å². The Morgan fingerprint density at radius 2 is 1.89 bits per heavy atom. The first kappa shape index (κ1) is 20.5. The summed E-state index contributed by atoms with van der Waals surface area (Å²) in [5, 5.41) is 0.844. The molecule has 0 bridgehead atoms. The van der Waals surface area contributed by atoms with Gasteiger partial charge in [0.25, 0.3) is 0 Å². The predicted octanol–water partition coefficient (Wildman–Crippen LogP) is 3.92. The number of thioether (sulfide) groups is 1. The molecule has 0 saturated heterocycles. The number of anilines is 1. The molecule has 150 valence electrons. The molecule has 0 aromatic carbocycles. The maximum absolute atomic E-state index is 6.14. The molecule has 2 N–H and O–H groups in total. The van der Waals surface area contributed by atoms with Gasteiger partial charge < -0.3 is 15.0 Å². The Labute approximate surface area is 170 Å². The average Bonchev–Trinajstić information content (AvgIpc) is 3.07. The number of imidazole rings is 1. The second kappa shape index (κ2) is 9.84. The average molecular weight is 401 g/mol. The molecule has 3 aromatic heterocycles. The van der Waals surface area contributed by atoms with E-state index in [2.05, 4.69) is 26.4 Å².